The molecule has 24 heavy (non-hydrogen) atoms. The molecule has 0 amide bonds. The number of nitrogen functional groups attached to an aromatic ring is 1. The van der Waals surface area contributed by atoms with E-state index >= 15 is 0 Å². The average molecular weight is 326 g/mol. The Morgan fingerprint density at radius 2 is 2.00 bits per heavy atom. The van der Waals surface area contributed by atoms with E-state index in [1.54, 1.807) is 0 Å². The molecule has 0 radical (unpaired) electrons. The van der Waals surface area contributed by atoms with Crippen molar-refractivity contribution in [3.8, 4) is 11.5 Å². The van der Waals surface area contributed by atoms with Crippen LogP contribution in [0.25, 0.3) is 0 Å². The van der Waals surface area contributed by atoms with Gasteiger partial charge in [0.25, 0.3) is 0 Å². The SMILES string of the molecule is CCC1CN(CCCCOc2ccccc2)c2ccc(N)cc2O1. The molecule has 1 aliphatic rings. The maximum atomic E-state index is 6.03. The molecule has 4 nitrogen and oxygen atoms in total. The topological polar surface area (TPSA) is 47.7 Å². The van der Waals surface area contributed by atoms with Crippen molar-refractivity contribution in [1.29, 1.82) is 0 Å². The molecule has 0 saturated carbocycles. The van der Waals surface area contributed by atoms with Crippen LogP contribution in [0.3, 0.4) is 0 Å². The van der Waals surface area contributed by atoms with Crippen molar-refractivity contribution in [1.82, 2.24) is 0 Å². The van der Waals surface area contributed by atoms with E-state index in [0.29, 0.717) is 0 Å². The highest BCUT2D eigenvalue weighted by Crippen LogP contribution is 2.35. The van der Waals surface area contributed by atoms with Crippen LogP contribution in [0, 0.1) is 0 Å². The monoisotopic (exact) mass is 326 g/mol. The lowest BCUT2D eigenvalue weighted by Gasteiger charge is -2.36. The normalized spacial score (nSPS) is 16.4. The Balaban J connectivity index is 1.51. The summed E-state index contributed by atoms with van der Waals surface area (Å²) in [5, 5.41) is 0. The number of nitrogens with two attached hydrogens (primary N) is 1. The molecule has 1 aliphatic heterocycles. The highest BCUT2D eigenvalue weighted by Gasteiger charge is 2.24. The lowest BCUT2D eigenvalue weighted by Crippen LogP contribution is -2.40. The number of rotatable bonds is 7. The predicted molar refractivity (Wildman–Crippen MR) is 98.9 cm³/mol. The number of nitrogens with zero attached hydrogens (tertiary/aromatic N) is 1. The van der Waals surface area contributed by atoms with Crippen molar-refractivity contribution in [2.75, 3.05) is 30.3 Å². The molecular weight excluding hydrogens is 300 g/mol. The zero-order valence-corrected chi connectivity index (χ0v) is 14.3. The summed E-state index contributed by atoms with van der Waals surface area (Å²) in [7, 11) is 0. The van der Waals surface area contributed by atoms with E-state index in [4.69, 9.17) is 15.2 Å². The van der Waals surface area contributed by atoms with E-state index < -0.39 is 0 Å². The molecule has 4 heteroatoms. The van der Waals surface area contributed by atoms with Gasteiger partial charge >= 0.3 is 0 Å². The number of fused-ring (bicyclic) bond motifs is 1. The molecule has 0 saturated heterocycles. The third-order valence-corrected chi connectivity index (χ3v) is 4.33. The van der Waals surface area contributed by atoms with Gasteiger partial charge in [0, 0.05) is 18.3 Å². The molecule has 3 rings (SSSR count). The lowest BCUT2D eigenvalue weighted by molar-refractivity contribution is 0.189. The summed E-state index contributed by atoms with van der Waals surface area (Å²) in [5.41, 5.74) is 7.80. The van der Waals surface area contributed by atoms with Gasteiger partial charge in [-0.1, -0.05) is 25.1 Å². The summed E-state index contributed by atoms with van der Waals surface area (Å²) in [4.78, 5) is 2.41. The molecule has 2 aromatic rings. The highest BCUT2D eigenvalue weighted by molar-refractivity contribution is 5.65. The van der Waals surface area contributed by atoms with Crippen LogP contribution in [0.5, 0.6) is 11.5 Å². The Labute approximate surface area is 144 Å². The first-order valence-corrected chi connectivity index (χ1v) is 8.75. The van der Waals surface area contributed by atoms with Crippen molar-refractivity contribution >= 4 is 11.4 Å². The summed E-state index contributed by atoms with van der Waals surface area (Å²) in [5.74, 6) is 1.85. The van der Waals surface area contributed by atoms with Crippen LogP contribution < -0.4 is 20.1 Å². The van der Waals surface area contributed by atoms with E-state index in [9.17, 15) is 0 Å². The fraction of sp³-hybridized carbons (Fsp3) is 0.400. The standard InChI is InChI=1S/C20H26N2O2/c1-2-17-15-22(19-11-10-16(21)14-20(19)24-17)12-6-7-13-23-18-8-4-3-5-9-18/h3-5,8-11,14,17H,2,6-7,12-13,15,21H2,1H3. The van der Waals surface area contributed by atoms with Gasteiger partial charge in [0.2, 0.25) is 0 Å². The smallest absolute Gasteiger partial charge is 0.145 e. The Kier molecular flexibility index (Phi) is 5.47. The van der Waals surface area contributed by atoms with Gasteiger partial charge in [-0.25, -0.2) is 0 Å². The van der Waals surface area contributed by atoms with Crippen LogP contribution >= 0.6 is 0 Å². The van der Waals surface area contributed by atoms with E-state index in [1.165, 1.54) is 0 Å². The first-order chi connectivity index (χ1) is 11.8. The molecule has 2 N–H and O–H groups in total. The Morgan fingerprint density at radius 1 is 1.17 bits per heavy atom. The molecule has 1 atom stereocenters. The largest absolute Gasteiger partial charge is 0.494 e. The van der Waals surface area contributed by atoms with Gasteiger partial charge in [-0.05, 0) is 43.5 Å². The number of unbranched alkanes of at least 4 members (excludes halogenated alkanes) is 1. The molecule has 0 bridgehead atoms. The molecule has 0 spiro atoms. The zero-order chi connectivity index (χ0) is 16.8. The van der Waals surface area contributed by atoms with Gasteiger partial charge in [0.1, 0.15) is 17.6 Å². The lowest BCUT2D eigenvalue weighted by atomic mass is 10.1. The second-order valence-corrected chi connectivity index (χ2v) is 6.19. The minimum Gasteiger partial charge on any atom is -0.494 e. The van der Waals surface area contributed by atoms with Gasteiger partial charge in [0.05, 0.1) is 18.8 Å². The fourth-order valence-corrected chi connectivity index (χ4v) is 2.98. The maximum Gasteiger partial charge on any atom is 0.145 e. The number of hydrogen-bond acceptors (Lipinski definition) is 4. The number of para-hydroxylation sites is 1. The van der Waals surface area contributed by atoms with Gasteiger partial charge < -0.3 is 20.1 Å². The van der Waals surface area contributed by atoms with Crippen molar-refractivity contribution in [3.05, 3.63) is 48.5 Å². The van der Waals surface area contributed by atoms with Gasteiger partial charge in [-0.3, -0.25) is 0 Å². The van der Waals surface area contributed by atoms with Crippen molar-refractivity contribution in [2.24, 2.45) is 0 Å². The molecule has 2 aromatic carbocycles. The van der Waals surface area contributed by atoms with E-state index in [2.05, 4.69) is 17.9 Å². The third-order valence-electron chi connectivity index (χ3n) is 4.33. The molecular formula is C20H26N2O2. The molecule has 0 aliphatic carbocycles. The van der Waals surface area contributed by atoms with Crippen LogP contribution in [0.2, 0.25) is 0 Å². The first kappa shape index (κ1) is 16.5. The van der Waals surface area contributed by atoms with Gasteiger partial charge in [-0.15, -0.1) is 0 Å². The van der Waals surface area contributed by atoms with Crippen LogP contribution in [-0.4, -0.2) is 25.8 Å². The van der Waals surface area contributed by atoms with Crippen molar-refractivity contribution < 1.29 is 9.47 Å². The van der Waals surface area contributed by atoms with E-state index in [1.807, 2.05) is 42.5 Å². The van der Waals surface area contributed by atoms with Crippen molar-refractivity contribution in [3.63, 3.8) is 0 Å². The number of benzene rings is 2. The fourth-order valence-electron chi connectivity index (χ4n) is 2.98. The molecule has 1 heterocycles. The quantitative estimate of drug-likeness (QED) is 0.614. The van der Waals surface area contributed by atoms with E-state index in [-0.39, 0.29) is 6.10 Å². The molecule has 128 valence electrons. The summed E-state index contributed by atoms with van der Waals surface area (Å²) in [6.45, 7) is 4.86. The minimum atomic E-state index is 0.236. The number of ether oxygens (including phenoxy) is 2. The summed E-state index contributed by atoms with van der Waals surface area (Å²) >= 11 is 0. The molecule has 1 unspecified atom stereocenters. The maximum absolute atomic E-state index is 6.03. The van der Waals surface area contributed by atoms with Crippen LogP contribution in [0.15, 0.2) is 48.5 Å². The minimum absolute atomic E-state index is 0.236. The zero-order valence-electron chi connectivity index (χ0n) is 14.3. The van der Waals surface area contributed by atoms with Crippen LogP contribution in [0.1, 0.15) is 26.2 Å². The first-order valence-electron chi connectivity index (χ1n) is 8.75. The molecule has 0 fully saturated rings. The van der Waals surface area contributed by atoms with Crippen LogP contribution in [0.4, 0.5) is 11.4 Å². The van der Waals surface area contributed by atoms with E-state index in [0.717, 1.165) is 61.8 Å². The third kappa shape index (κ3) is 4.13. The molecule has 0 aromatic heterocycles. The average Bonchev–Trinajstić information content (AvgIpc) is 2.61. The summed E-state index contributed by atoms with van der Waals surface area (Å²) in [6, 6.07) is 15.9. The van der Waals surface area contributed by atoms with Gasteiger partial charge in [-0.2, -0.15) is 0 Å². The summed E-state index contributed by atoms with van der Waals surface area (Å²) < 4.78 is 11.8. The number of anilines is 2. The van der Waals surface area contributed by atoms with Crippen molar-refractivity contribution in [2.45, 2.75) is 32.3 Å². The second kappa shape index (κ2) is 7.95. The Morgan fingerprint density at radius 3 is 2.79 bits per heavy atom. The second-order valence-electron chi connectivity index (χ2n) is 6.19. The predicted octanol–water partition coefficient (Wildman–Crippen LogP) is 4.11. The number of hydrogen-bond donors (Lipinski definition) is 1. The van der Waals surface area contributed by atoms with Gasteiger partial charge in [0.15, 0.2) is 0 Å². The Bertz CT molecular complexity index is 645. The highest BCUT2D eigenvalue weighted by atomic mass is 16.5. The van der Waals surface area contributed by atoms with Crippen LogP contribution in [-0.2, 0) is 0 Å². The Hall–Kier alpha value is -2.36. The summed E-state index contributed by atoms with van der Waals surface area (Å²) in [6.07, 6.45) is 3.36.